The van der Waals surface area contributed by atoms with Gasteiger partial charge in [-0.3, -0.25) is 14.5 Å². The molecule has 6 heteroatoms. The molecule has 2 aliphatic rings. The van der Waals surface area contributed by atoms with E-state index in [0.717, 1.165) is 22.4 Å². The first-order valence-electron chi connectivity index (χ1n) is 8.03. The van der Waals surface area contributed by atoms with Gasteiger partial charge in [0.15, 0.2) is 0 Å². The summed E-state index contributed by atoms with van der Waals surface area (Å²) in [6, 6.07) is 7.19. The molecule has 1 aromatic carbocycles. The summed E-state index contributed by atoms with van der Waals surface area (Å²) in [4.78, 5) is 40.2. The summed E-state index contributed by atoms with van der Waals surface area (Å²) in [5.74, 6) is -0.519. The highest BCUT2D eigenvalue weighted by atomic mass is 16.2. The number of hydrogen-bond acceptors (Lipinski definition) is 3. The molecular weight excluding hydrogens is 294 g/mol. The molecule has 1 spiro atoms. The smallest absolute Gasteiger partial charge is 0.325 e. The number of fused-ring (bicyclic) bond motifs is 2. The van der Waals surface area contributed by atoms with Gasteiger partial charge in [-0.15, -0.1) is 0 Å². The summed E-state index contributed by atoms with van der Waals surface area (Å²) in [7, 11) is 0. The Hall–Kier alpha value is -2.37. The third-order valence-corrected chi connectivity index (χ3v) is 4.83. The van der Waals surface area contributed by atoms with Crippen molar-refractivity contribution in [1.29, 1.82) is 0 Å². The van der Waals surface area contributed by atoms with Gasteiger partial charge in [-0.2, -0.15) is 0 Å². The molecule has 0 radical (unpaired) electrons. The van der Waals surface area contributed by atoms with Crippen molar-refractivity contribution in [3.63, 3.8) is 0 Å². The molecule has 1 atom stereocenters. The van der Waals surface area contributed by atoms with E-state index in [-0.39, 0.29) is 18.4 Å². The van der Waals surface area contributed by atoms with E-state index in [0.29, 0.717) is 19.5 Å². The van der Waals surface area contributed by atoms with Crippen molar-refractivity contribution in [2.45, 2.75) is 32.2 Å². The van der Waals surface area contributed by atoms with Crippen molar-refractivity contribution >= 4 is 17.8 Å². The van der Waals surface area contributed by atoms with Gasteiger partial charge < -0.3 is 10.2 Å². The monoisotopic (exact) mass is 315 g/mol. The van der Waals surface area contributed by atoms with Gasteiger partial charge in [0.25, 0.3) is 5.91 Å². The average molecular weight is 315 g/mol. The first-order chi connectivity index (χ1) is 11.0. The highest BCUT2D eigenvalue weighted by Gasteiger charge is 2.55. The Kier molecular flexibility index (Phi) is 3.83. The van der Waals surface area contributed by atoms with Crippen molar-refractivity contribution < 1.29 is 14.4 Å². The highest BCUT2D eigenvalue weighted by Crippen LogP contribution is 2.41. The Morgan fingerprint density at radius 3 is 2.65 bits per heavy atom. The molecule has 1 aromatic rings. The number of amides is 4. The van der Waals surface area contributed by atoms with Crippen molar-refractivity contribution in [3.05, 3.63) is 35.4 Å². The summed E-state index contributed by atoms with van der Waals surface area (Å²) >= 11 is 0. The van der Waals surface area contributed by atoms with Crippen LogP contribution in [0.15, 0.2) is 24.3 Å². The predicted molar refractivity (Wildman–Crippen MR) is 84.6 cm³/mol. The lowest BCUT2D eigenvalue weighted by atomic mass is 9.92. The quantitative estimate of drug-likeness (QED) is 0.850. The molecule has 23 heavy (non-hydrogen) atoms. The van der Waals surface area contributed by atoms with Crippen LogP contribution in [-0.2, 0) is 21.5 Å². The molecule has 1 aliphatic heterocycles. The molecule has 1 saturated heterocycles. The Morgan fingerprint density at radius 1 is 1.26 bits per heavy atom. The number of aryl methyl sites for hydroxylation is 1. The molecule has 1 N–H and O–H groups in total. The van der Waals surface area contributed by atoms with Crippen LogP contribution in [0.3, 0.4) is 0 Å². The van der Waals surface area contributed by atoms with Crippen LogP contribution in [0.25, 0.3) is 0 Å². The van der Waals surface area contributed by atoms with Crippen LogP contribution in [-0.4, -0.2) is 47.3 Å². The van der Waals surface area contributed by atoms with E-state index in [1.807, 2.05) is 38.1 Å². The molecular formula is C17H21N3O3. The minimum absolute atomic E-state index is 0.198. The third-order valence-electron chi connectivity index (χ3n) is 4.83. The van der Waals surface area contributed by atoms with E-state index < -0.39 is 11.6 Å². The summed E-state index contributed by atoms with van der Waals surface area (Å²) in [5, 5.41) is 2.83. The summed E-state index contributed by atoms with van der Waals surface area (Å²) in [6.07, 6.45) is 1.30. The molecule has 1 unspecified atom stereocenters. The summed E-state index contributed by atoms with van der Waals surface area (Å²) in [6.45, 7) is 4.68. The van der Waals surface area contributed by atoms with E-state index in [2.05, 4.69) is 5.32 Å². The van der Waals surface area contributed by atoms with E-state index in [9.17, 15) is 14.4 Å². The van der Waals surface area contributed by atoms with Gasteiger partial charge >= 0.3 is 6.03 Å². The number of carbonyl (C=O) groups excluding carboxylic acids is 3. The van der Waals surface area contributed by atoms with Crippen molar-refractivity contribution in [1.82, 2.24) is 15.1 Å². The molecule has 1 fully saturated rings. The number of carbonyl (C=O) groups is 3. The van der Waals surface area contributed by atoms with Crippen LogP contribution in [0.4, 0.5) is 4.79 Å². The first kappa shape index (κ1) is 15.5. The maximum atomic E-state index is 12.9. The van der Waals surface area contributed by atoms with Crippen LogP contribution in [0.1, 0.15) is 31.4 Å². The standard InChI is InChI=1S/C17H21N3O3/c1-3-19(4-2)14(21)11-20-15(22)17(18-16(20)23)10-9-12-7-5-6-8-13(12)17/h5-8H,3-4,9-11H2,1-2H3,(H,18,23). The molecule has 3 rings (SSSR count). The molecule has 1 heterocycles. The van der Waals surface area contributed by atoms with E-state index in [4.69, 9.17) is 0 Å². The fraction of sp³-hybridized carbons (Fsp3) is 0.471. The number of urea groups is 1. The minimum atomic E-state index is -0.989. The molecule has 4 amide bonds. The van der Waals surface area contributed by atoms with Crippen LogP contribution in [0, 0.1) is 0 Å². The first-order valence-corrected chi connectivity index (χ1v) is 8.03. The normalized spacial score (nSPS) is 22.4. The number of rotatable bonds is 4. The summed E-state index contributed by atoms with van der Waals surface area (Å²) in [5.41, 5.74) is 0.950. The second-order valence-electron chi connectivity index (χ2n) is 5.95. The van der Waals surface area contributed by atoms with Gasteiger partial charge in [0.1, 0.15) is 12.1 Å². The summed E-state index contributed by atoms with van der Waals surface area (Å²) < 4.78 is 0. The minimum Gasteiger partial charge on any atom is -0.342 e. The molecule has 122 valence electrons. The molecule has 1 aliphatic carbocycles. The van der Waals surface area contributed by atoms with E-state index in [1.54, 1.807) is 4.90 Å². The average Bonchev–Trinajstić information content (AvgIpc) is 3.03. The molecule has 0 bridgehead atoms. The van der Waals surface area contributed by atoms with Crippen LogP contribution >= 0.6 is 0 Å². The number of benzene rings is 1. The van der Waals surface area contributed by atoms with Gasteiger partial charge in [-0.05, 0) is 37.8 Å². The molecule has 0 saturated carbocycles. The fourth-order valence-corrected chi connectivity index (χ4v) is 3.54. The van der Waals surface area contributed by atoms with Crippen molar-refractivity contribution in [2.24, 2.45) is 0 Å². The van der Waals surface area contributed by atoms with Gasteiger partial charge in [-0.1, -0.05) is 24.3 Å². The zero-order chi connectivity index (χ0) is 16.6. The Bertz CT molecular complexity index is 669. The predicted octanol–water partition coefficient (Wildman–Crippen LogP) is 1.25. The number of imide groups is 1. The molecule has 6 nitrogen and oxygen atoms in total. The second-order valence-corrected chi connectivity index (χ2v) is 5.95. The second kappa shape index (κ2) is 5.68. The SMILES string of the molecule is CCN(CC)C(=O)CN1C(=O)NC2(CCc3ccccc32)C1=O. The lowest BCUT2D eigenvalue weighted by Crippen LogP contribution is -2.44. The molecule has 0 aromatic heterocycles. The van der Waals surface area contributed by atoms with Crippen LogP contribution < -0.4 is 5.32 Å². The Morgan fingerprint density at radius 2 is 1.96 bits per heavy atom. The van der Waals surface area contributed by atoms with Gasteiger partial charge in [0.2, 0.25) is 5.91 Å². The lowest BCUT2D eigenvalue weighted by Gasteiger charge is -2.24. The zero-order valence-corrected chi connectivity index (χ0v) is 13.5. The van der Waals surface area contributed by atoms with Gasteiger partial charge in [-0.25, -0.2) is 4.79 Å². The lowest BCUT2D eigenvalue weighted by molar-refractivity contribution is -0.139. The van der Waals surface area contributed by atoms with Crippen LogP contribution in [0.2, 0.25) is 0 Å². The fourth-order valence-electron chi connectivity index (χ4n) is 3.54. The van der Waals surface area contributed by atoms with Gasteiger partial charge in [0.05, 0.1) is 0 Å². The number of nitrogens with zero attached hydrogens (tertiary/aromatic N) is 2. The third kappa shape index (κ3) is 2.29. The number of likely N-dealkylation sites (N-methyl/N-ethyl adjacent to an activating group) is 1. The highest BCUT2D eigenvalue weighted by molar-refractivity contribution is 6.09. The van der Waals surface area contributed by atoms with Crippen molar-refractivity contribution in [3.8, 4) is 0 Å². The maximum absolute atomic E-state index is 12.9. The zero-order valence-electron chi connectivity index (χ0n) is 13.5. The Balaban J connectivity index is 1.86. The van der Waals surface area contributed by atoms with E-state index in [1.165, 1.54) is 0 Å². The van der Waals surface area contributed by atoms with Crippen LogP contribution in [0.5, 0.6) is 0 Å². The number of nitrogens with one attached hydrogen (secondary N) is 1. The van der Waals surface area contributed by atoms with Gasteiger partial charge in [0, 0.05) is 13.1 Å². The maximum Gasteiger partial charge on any atom is 0.325 e. The largest absolute Gasteiger partial charge is 0.342 e. The van der Waals surface area contributed by atoms with Crippen molar-refractivity contribution in [2.75, 3.05) is 19.6 Å². The number of hydrogen-bond donors (Lipinski definition) is 1. The van der Waals surface area contributed by atoms with E-state index >= 15 is 0 Å². The topological polar surface area (TPSA) is 69.7 Å². The Labute approximate surface area is 135 Å².